The standard InChI is InChI=1S/C54H65N7O5S2/c1-11-45(66-46-30-27-39(52(6,7)12-2)35-42(46)53(8,9)13-3)50(62)56-40-24-20-23-38(34-40)48-54(59-49(58-48)37-21-16-15-17-22-37)61(51(63)57-43-25-18-19-26-47(43)67-54)44-29-28-41(33-36(44)5)60(14-4)32-31-55-68(10,64)65/h15-30,33-35,45,55H,11-14,31-32H2,1-10H3,(H,56,62)(H,57,63). The van der Waals surface area contributed by atoms with Crippen molar-refractivity contribution in [1.29, 1.82) is 0 Å². The quantitative estimate of drug-likeness (QED) is 0.0793. The number of nitrogens with zero attached hydrogens (tertiary/aromatic N) is 4. The van der Waals surface area contributed by atoms with Crippen LogP contribution in [0.5, 0.6) is 5.75 Å². The Balaban J connectivity index is 1.29. The summed E-state index contributed by atoms with van der Waals surface area (Å²) in [7, 11) is -3.36. The highest BCUT2D eigenvalue weighted by molar-refractivity contribution is 8.01. The lowest BCUT2D eigenvalue weighted by atomic mass is 9.76. The summed E-state index contributed by atoms with van der Waals surface area (Å²) in [5, 5.41) is 6.33. The van der Waals surface area contributed by atoms with Gasteiger partial charge in [0, 0.05) is 52.6 Å². The van der Waals surface area contributed by atoms with Crippen LogP contribution < -0.4 is 29.9 Å². The third-order valence-corrected chi connectivity index (χ3v) is 15.3. The van der Waals surface area contributed by atoms with Gasteiger partial charge in [0.1, 0.15) is 11.5 Å². The molecule has 5 aromatic rings. The maximum absolute atomic E-state index is 15.0. The van der Waals surface area contributed by atoms with Crippen LogP contribution in [-0.2, 0) is 25.6 Å². The number of para-hydroxylation sites is 1. The predicted octanol–water partition coefficient (Wildman–Crippen LogP) is 11.3. The molecule has 0 aromatic heterocycles. The van der Waals surface area contributed by atoms with Crippen molar-refractivity contribution in [3.05, 3.63) is 143 Å². The summed E-state index contributed by atoms with van der Waals surface area (Å²) in [6, 6.07) is 36.7. The molecule has 0 radical (unpaired) electrons. The van der Waals surface area contributed by atoms with Crippen LogP contribution in [0.2, 0.25) is 0 Å². The molecular weight excluding hydrogens is 891 g/mol. The molecule has 7 rings (SSSR count). The highest BCUT2D eigenvalue weighted by Crippen LogP contribution is 2.51. The third-order valence-electron chi connectivity index (χ3n) is 13.2. The molecule has 5 aromatic carbocycles. The van der Waals surface area contributed by atoms with Crippen molar-refractivity contribution >= 4 is 68.0 Å². The van der Waals surface area contributed by atoms with Gasteiger partial charge in [0.05, 0.1) is 17.6 Å². The Morgan fingerprint density at radius 3 is 2.25 bits per heavy atom. The van der Waals surface area contributed by atoms with Crippen LogP contribution in [0.3, 0.4) is 0 Å². The molecule has 2 unspecified atom stereocenters. The largest absolute Gasteiger partial charge is 0.480 e. The highest BCUT2D eigenvalue weighted by Gasteiger charge is 2.53. The molecule has 0 saturated carbocycles. The number of thioether (sulfide) groups is 1. The summed E-state index contributed by atoms with van der Waals surface area (Å²) in [6.07, 6.45) is 2.69. The number of likely N-dealkylation sites (N-methyl/N-ethyl adjacent to an activating group) is 1. The first kappa shape index (κ1) is 49.9. The van der Waals surface area contributed by atoms with E-state index >= 15 is 4.79 Å². The van der Waals surface area contributed by atoms with E-state index < -0.39 is 27.2 Å². The molecule has 2 heterocycles. The molecule has 14 heteroatoms. The van der Waals surface area contributed by atoms with E-state index in [4.69, 9.17) is 14.7 Å². The van der Waals surface area contributed by atoms with Crippen LogP contribution in [0, 0.1) is 6.92 Å². The highest BCUT2D eigenvalue weighted by atomic mass is 32.2. The average molecular weight is 956 g/mol. The third kappa shape index (κ3) is 10.7. The van der Waals surface area contributed by atoms with Crippen molar-refractivity contribution < 1.29 is 22.7 Å². The number of rotatable bonds is 18. The molecule has 68 heavy (non-hydrogen) atoms. The Morgan fingerprint density at radius 1 is 0.868 bits per heavy atom. The van der Waals surface area contributed by atoms with Gasteiger partial charge in [-0.15, -0.1) is 0 Å². The molecule has 0 fully saturated rings. The molecule has 0 bridgehead atoms. The van der Waals surface area contributed by atoms with Crippen LogP contribution >= 0.6 is 11.8 Å². The number of amides is 3. The molecule has 1 spiro atoms. The van der Waals surface area contributed by atoms with Gasteiger partial charge in [-0.2, -0.15) is 0 Å². The van der Waals surface area contributed by atoms with Gasteiger partial charge >= 0.3 is 6.03 Å². The number of ether oxygens (including phenoxy) is 1. The smallest absolute Gasteiger partial charge is 0.329 e. The lowest BCUT2D eigenvalue weighted by molar-refractivity contribution is -0.122. The summed E-state index contributed by atoms with van der Waals surface area (Å²) in [4.78, 5) is 43.2. The first-order valence-corrected chi connectivity index (χ1v) is 26.2. The van der Waals surface area contributed by atoms with Gasteiger partial charge in [-0.3, -0.25) is 9.69 Å². The summed E-state index contributed by atoms with van der Waals surface area (Å²) in [5.74, 6) is 0.868. The Bertz CT molecular complexity index is 2850. The number of carbonyl (C=O) groups is 2. The molecule has 2 aliphatic heterocycles. The van der Waals surface area contributed by atoms with Crippen molar-refractivity contribution in [2.45, 2.75) is 108 Å². The van der Waals surface area contributed by atoms with Crippen molar-refractivity contribution in [3.8, 4) is 5.75 Å². The first-order chi connectivity index (χ1) is 32.3. The van der Waals surface area contributed by atoms with E-state index in [0.717, 1.165) is 46.4 Å². The van der Waals surface area contributed by atoms with Crippen LogP contribution in [0.15, 0.2) is 130 Å². The van der Waals surface area contributed by atoms with Gasteiger partial charge in [0.2, 0.25) is 15.0 Å². The summed E-state index contributed by atoms with van der Waals surface area (Å²) >= 11 is 1.41. The van der Waals surface area contributed by atoms with E-state index in [1.54, 1.807) is 4.90 Å². The second-order valence-electron chi connectivity index (χ2n) is 18.7. The van der Waals surface area contributed by atoms with Crippen molar-refractivity contribution in [1.82, 2.24) is 4.72 Å². The molecule has 3 N–H and O–H groups in total. The number of nitrogens with one attached hydrogen (secondary N) is 3. The topological polar surface area (TPSA) is 145 Å². The number of urea groups is 1. The Morgan fingerprint density at radius 2 is 1.57 bits per heavy atom. The molecule has 12 nitrogen and oxygen atoms in total. The molecule has 0 aliphatic carbocycles. The fraction of sp³-hybridized carbons (Fsp3) is 0.370. The van der Waals surface area contributed by atoms with Crippen molar-refractivity contribution in [2.75, 3.05) is 46.3 Å². The Labute approximate surface area is 407 Å². The number of benzene rings is 5. The van der Waals surface area contributed by atoms with Gasteiger partial charge in [-0.25, -0.2) is 27.9 Å². The monoisotopic (exact) mass is 955 g/mol. The number of hydrogen-bond acceptors (Lipinski definition) is 9. The Hall–Kier alpha value is -5.96. The minimum Gasteiger partial charge on any atom is -0.480 e. The number of hydrogen-bond donors (Lipinski definition) is 3. The lowest BCUT2D eigenvalue weighted by Gasteiger charge is -2.38. The SMILES string of the molecule is CCC(Oc1ccc(C(C)(C)CC)cc1C(C)(C)CC)C(=O)Nc1cccc(C2=NC(c3ccccc3)=NC23Sc2ccccc2NC(=O)N3c2ccc(N(CC)CCNS(C)(=O)=O)cc2C)c1. The molecule has 0 saturated heterocycles. The van der Waals surface area contributed by atoms with Gasteiger partial charge < -0.3 is 20.3 Å². The summed E-state index contributed by atoms with van der Waals surface area (Å²) < 4.78 is 32.9. The van der Waals surface area contributed by atoms with Crippen molar-refractivity contribution in [3.63, 3.8) is 0 Å². The molecule has 2 atom stereocenters. The summed E-state index contributed by atoms with van der Waals surface area (Å²) in [5.41, 5.74) is 7.49. The number of carbonyl (C=O) groups excluding carboxylic acids is 2. The second kappa shape index (κ2) is 20.3. The van der Waals surface area contributed by atoms with Gasteiger partial charge in [-0.1, -0.05) is 127 Å². The first-order valence-electron chi connectivity index (χ1n) is 23.5. The number of sulfonamides is 1. The summed E-state index contributed by atoms with van der Waals surface area (Å²) in [6.45, 7) is 20.5. The maximum atomic E-state index is 15.0. The van der Waals surface area contributed by atoms with E-state index in [1.807, 2.05) is 124 Å². The van der Waals surface area contributed by atoms with E-state index in [0.29, 0.717) is 59.4 Å². The molecular formula is C54H65N7O5S2. The number of aliphatic imine (C=N–C) groups is 2. The minimum atomic E-state index is -3.36. The maximum Gasteiger partial charge on any atom is 0.329 e. The predicted molar refractivity (Wildman–Crippen MR) is 281 cm³/mol. The van der Waals surface area contributed by atoms with Crippen LogP contribution in [-0.4, -0.2) is 68.9 Å². The van der Waals surface area contributed by atoms with Gasteiger partial charge in [-0.05, 0) is 104 Å². The normalized spacial score (nSPS) is 16.6. The zero-order chi connectivity index (χ0) is 49.0. The van der Waals surface area contributed by atoms with E-state index in [-0.39, 0.29) is 23.3 Å². The second-order valence-corrected chi connectivity index (χ2v) is 21.8. The average Bonchev–Trinajstić information content (AvgIpc) is 3.64. The van der Waals surface area contributed by atoms with Gasteiger partial charge in [0.25, 0.3) is 5.91 Å². The number of anilines is 4. The fourth-order valence-corrected chi connectivity index (χ4v) is 10.2. The van der Waals surface area contributed by atoms with Gasteiger partial charge in [0.15, 0.2) is 11.9 Å². The lowest BCUT2D eigenvalue weighted by Crippen LogP contribution is -2.54. The number of amidine groups is 1. The zero-order valence-electron chi connectivity index (χ0n) is 40.9. The van der Waals surface area contributed by atoms with Crippen LogP contribution in [0.4, 0.5) is 27.5 Å². The van der Waals surface area contributed by atoms with E-state index in [2.05, 4.69) is 73.9 Å². The van der Waals surface area contributed by atoms with E-state index in [1.165, 1.54) is 17.3 Å². The minimum absolute atomic E-state index is 0.0135. The molecule has 2 aliphatic rings. The fourth-order valence-electron chi connectivity index (χ4n) is 8.38. The van der Waals surface area contributed by atoms with E-state index in [9.17, 15) is 13.2 Å². The van der Waals surface area contributed by atoms with Crippen LogP contribution in [0.1, 0.15) is 102 Å². The molecule has 3 amide bonds. The van der Waals surface area contributed by atoms with Crippen LogP contribution in [0.25, 0.3) is 0 Å². The Kier molecular flexibility index (Phi) is 14.9. The molecule has 358 valence electrons. The number of aryl methyl sites for hydroxylation is 1. The number of fused-ring (bicyclic) bond motifs is 1. The van der Waals surface area contributed by atoms with Crippen molar-refractivity contribution in [2.24, 2.45) is 9.98 Å². The zero-order valence-corrected chi connectivity index (χ0v) is 42.6.